The number of hydrogen-bond acceptors (Lipinski definition) is 3. The van der Waals surface area contributed by atoms with Crippen LogP contribution in [-0.4, -0.2) is 29.0 Å². The number of likely N-dealkylation sites (tertiary alicyclic amines) is 1. The molecule has 25 heavy (non-hydrogen) atoms. The van der Waals surface area contributed by atoms with Crippen molar-refractivity contribution in [1.29, 1.82) is 0 Å². The highest BCUT2D eigenvalue weighted by molar-refractivity contribution is 6.43. The molecule has 2 amide bonds. The molecule has 4 nitrogen and oxygen atoms in total. The van der Waals surface area contributed by atoms with E-state index in [-0.39, 0.29) is 6.54 Å². The molecule has 1 atom stereocenters. The van der Waals surface area contributed by atoms with Gasteiger partial charge >= 0.3 is 0 Å². The predicted octanol–water partition coefficient (Wildman–Crippen LogP) is 3.73. The van der Waals surface area contributed by atoms with Gasteiger partial charge in [-0.15, -0.1) is 0 Å². The topological polar surface area (TPSA) is 54.5 Å². The summed E-state index contributed by atoms with van der Waals surface area (Å²) >= 11 is 11.9. The van der Waals surface area contributed by atoms with Crippen molar-refractivity contribution < 1.29 is 14.4 Å². The van der Waals surface area contributed by atoms with Gasteiger partial charge in [0.15, 0.2) is 0 Å². The highest BCUT2D eigenvalue weighted by Crippen LogP contribution is 2.26. The number of carbonyl (C=O) groups is 3. The fourth-order valence-corrected chi connectivity index (χ4v) is 3.12. The average Bonchev–Trinajstić information content (AvgIpc) is 2.90. The van der Waals surface area contributed by atoms with Crippen molar-refractivity contribution in [2.24, 2.45) is 0 Å². The lowest BCUT2D eigenvalue weighted by Crippen LogP contribution is -2.32. The van der Waals surface area contributed by atoms with E-state index in [1.807, 2.05) is 6.07 Å². The standard InChI is InChI=1S/C19H13Cl2NO3/c20-14-8-6-13(16(21)10-14)7-9-17(23)22-11-15(18(24)19(22)25)12-4-2-1-3-5-12/h1-10,15H,11H2/b9-7+/t15-/m0/s1. The van der Waals surface area contributed by atoms with Crippen LogP contribution in [-0.2, 0) is 14.4 Å². The molecule has 3 rings (SSSR count). The van der Waals surface area contributed by atoms with Crippen LogP contribution in [0.1, 0.15) is 17.0 Å². The van der Waals surface area contributed by atoms with Crippen LogP contribution in [0.4, 0.5) is 0 Å². The second kappa shape index (κ2) is 7.21. The third kappa shape index (κ3) is 3.65. The third-order valence-corrected chi connectivity index (χ3v) is 4.54. The lowest BCUT2D eigenvalue weighted by atomic mass is 9.97. The molecule has 2 aromatic rings. The molecule has 1 heterocycles. The van der Waals surface area contributed by atoms with Gasteiger partial charge < -0.3 is 0 Å². The smallest absolute Gasteiger partial charge is 0.288 e. The maximum absolute atomic E-state index is 12.3. The lowest BCUT2D eigenvalue weighted by Gasteiger charge is -2.11. The Morgan fingerprint density at radius 1 is 1.08 bits per heavy atom. The van der Waals surface area contributed by atoms with Crippen molar-refractivity contribution in [2.45, 2.75) is 5.92 Å². The monoisotopic (exact) mass is 373 g/mol. The van der Waals surface area contributed by atoms with Crippen LogP contribution in [0.3, 0.4) is 0 Å². The van der Waals surface area contributed by atoms with Gasteiger partial charge in [-0.3, -0.25) is 19.3 Å². The van der Waals surface area contributed by atoms with Crippen LogP contribution >= 0.6 is 23.2 Å². The number of ketones is 1. The summed E-state index contributed by atoms with van der Waals surface area (Å²) in [5.41, 5.74) is 1.32. The summed E-state index contributed by atoms with van der Waals surface area (Å²) in [6, 6.07) is 13.8. The van der Waals surface area contributed by atoms with E-state index in [2.05, 4.69) is 0 Å². The Kier molecular flexibility index (Phi) is 5.02. The number of nitrogens with zero attached hydrogens (tertiary/aromatic N) is 1. The minimum atomic E-state index is -0.786. The van der Waals surface area contributed by atoms with Crippen molar-refractivity contribution >= 4 is 46.9 Å². The highest BCUT2D eigenvalue weighted by atomic mass is 35.5. The first kappa shape index (κ1) is 17.4. The van der Waals surface area contributed by atoms with Gasteiger partial charge in [-0.05, 0) is 29.3 Å². The van der Waals surface area contributed by atoms with Crippen LogP contribution in [0.15, 0.2) is 54.6 Å². The Morgan fingerprint density at radius 2 is 1.80 bits per heavy atom. The number of benzene rings is 2. The molecule has 0 aliphatic carbocycles. The summed E-state index contributed by atoms with van der Waals surface area (Å²) in [6.07, 6.45) is 2.72. The lowest BCUT2D eigenvalue weighted by molar-refractivity contribution is -0.145. The van der Waals surface area contributed by atoms with E-state index in [0.29, 0.717) is 15.6 Å². The van der Waals surface area contributed by atoms with Gasteiger partial charge in [0.05, 0.1) is 5.92 Å². The second-order valence-corrected chi connectivity index (χ2v) is 6.42. The molecule has 1 aliphatic rings. The third-order valence-electron chi connectivity index (χ3n) is 3.97. The van der Waals surface area contributed by atoms with E-state index in [1.54, 1.807) is 42.5 Å². The first-order valence-electron chi connectivity index (χ1n) is 7.55. The number of rotatable bonds is 3. The average molecular weight is 374 g/mol. The molecule has 0 aromatic heterocycles. The number of carbonyl (C=O) groups excluding carboxylic acids is 3. The Hall–Kier alpha value is -2.43. The number of hydrogen-bond donors (Lipinski definition) is 0. The van der Waals surface area contributed by atoms with Gasteiger partial charge in [-0.1, -0.05) is 59.6 Å². The molecule has 6 heteroatoms. The maximum Gasteiger partial charge on any atom is 0.297 e. The SMILES string of the molecule is O=C1C(=O)N(C(=O)/C=C/c2ccc(Cl)cc2Cl)C[C@H]1c1ccccc1. The van der Waals surface area contributed by atoms with Crippen LogP contribution in [0, 0.1) is 0 Å². The van der Waals surface area contributed by atoms with Gasteiger partial charge in [0, 0.05) is 22.7 Å². The van der Waals surface area contributed by atoms with E-state index >= 15 is 0 Å². The summed E-state index contributed by atoms with van der Waals surface area (Å²) < 4.78 is 0. The Labute approximate surface area is 154 Å². The van der Waals surface area contributed by atoms with Crippen molar-refractivity contribution in [3.05, 3.63) is 75.8 Å². The molecule has 1 saturated heterocycles. The first-order chi connectivity index (χ1) is 12.0. The molecule has 0 radical (unpaired) electrons. The van der Waals surface area contributed by atoms with Gasteiger partial charge in [-0.25, -0.2) is 0 Å². The molecule has 1 fully saturated rings. The van der Waals surface area contributed by atoms with Crippen molar-refractivity contribution in [2.75, 3.05) is 6.54 Å². The fraction of sp³-hybridized carbons (Fsp3) is 0.105. The molecule has 1 aliphatic heterocycles. The van der Waals surface area contributed by atoms with Gasteiger partial charge in [0.1, 0.15) is 0 Å². The molecule has 2 aromatic carbocycles. The molecule has 0 unspecified atom stereocenters. The minimum Gasteiger partial charge on any atom is -0.288 e. The first-order valence-corrected chi connectivity index (χ1v) is 8.30. The summed E-state index contributed by atoms with van der Waals surface area (Å²) in [6.45, 7) is 0.0409. The van der Waals surface area contributed by atoms with Crippen LogP contribution in [0.2, 0.25) is 10.0 Å². The quantitative estimate of drug-likeness (QED) is 0.608. The normalized spacial score (nSPS) is 17.5. The molecule has 126 valence electrons. The Bertz CT molecular complexity index is 877. The molecular weight excluding hydrogens is 361 g/mol. The van der Waals surface area contributed by atoms with Gasteiger partial charge in [-0.2, -0.15) is 0 Å². The molecule has 0 bridgehead atoms. The molecule has 0 N–H and O–H groups in total. The zero-order chi connectivity index (χ0) is 18.0. The summed E-state index contributed by atoms with van der Waals surface area (Å²) in [7, 11) is 0. The summed E-state index contributed by atoms with van der Waals surface area (Å²) in [4.78, 5) is 37.6. The van der Waals surface area contributed by atoms with E-state index < -0.39 is 23.5 Å². The molecule has 0 spiro atoms. The van der Waals surface area contributed by atoms with E-state index in [4.69, 9.17) is 23.2 Å². The largest absolute Gasteiger partial charge is 0.297 e. The van der Waals surface area contributed by atoms with Crippen molar-refractivity contribution in [3.63, 3.8) is 0 Å². The zero-order valence-electron chi connectivity index (χ0n) is 13.0. The van der Waals surface area contributed by atoms with Crippen LogP contribution in [0.5, 0.6) is 0 Å². The van der Waals surface area contributed by atoms with E-state index in [9.17, 15) is 14.4 Å². The zero-order valence-corrected chi connectivity index (χ0v) is 14.5. The number of halogens is 2. The van der Waals surface area contributed by atoms with Crippen molar-refractivity contribution in [1.82, 2.24) is 4.90 Å². The Balaban J connectivity index is 1.77. The predicted molar refractivity (Wildman–Crippen MR) is 96.4 cm³/mol. The Morgan fingerprint density at radius 3 is 2.48 bits per heavy atom. The highest BCUT2D eigenvalue weighted by Gasteiger charge is 2.41. The van der Waals surface area contributed by atoms with Crippen molar-refractivity contribution in [3.8, 4) is 0 Å². The second-order valence-electron chi connectivity index (χ2n) is 5.58. The van der Waals surface area contributed by atoms with E-state index in [0.717, 1.165) is 10.5 Å². The number of Topliss-reactive ketones (excluding diaryl/α,β-unsaturated/α-hetero) is 1. The van der Waals surface area contributed by atoms with Gasteiger partial charge in [0.2, 0.25) is 5.78 Å². The minimum absolute atomic E-state index is 0.0409. The summed E-state index contributed by atoms with van der Waals surface area (Å²) in [5.74, 6) is -2.53. The van der Waals surface area contributed by atoms with Gasteiger partial charge in [0.25, 0.3) is 11.8 Å². The molecule has 0 saturated carbocycles. The summed E-state index contributed by atoms with van der Waals surface area (Å²) in [5, 5.41) is 0.877. The number of amides is 2. The molecular formula is C19H13Cl2NO3. The van der Waals surface area contributed by atoms with E-state index in [1.165, 1.54) is 12.2 Å². The number of imide groups is 1. The van der Waals surface area contributed by atoms with Crippen LogP contribution < -0.4 is 0 Å². The fourth-order valence-electron chi connectivity index (χ4n) is 2.65. The van der Waals surface area contributed by atoms with Crippen LogP contribution in [0.25, 0.3) is 6.08 Å². The maximum atomic E-state index is 12.3.